The largest absolute Gasteiger partial charge is 0.508 e. The van der Waals surface area contributed by atoms with E-state index in [1.165, 1.54) is 12.1 Å². The fraction of sp³-hybridized carbons (Fsp3) is 0.250. The van der Waals surface area contributed by atoms with Crippen molar-refractivity contribution in [3.05, 3.63) is 28.3 Å². The summed E-state index contributed by atoms with van der Waals surface area (Å²) in [5.74, 6) is -0.130. The first kappa shape index (κ1) is 10.3. The van der Waals surface area contributed by atoms with Gasteiger partial charge >= 0.3 is 0 Å². The normalized spacial score (nSPS) is 9.79. The minimum Gasteiger partial charge on any atom is -0.508 e. The Kier molecular flexibility index (Phi) is 3.24. The summed E-state index contributed by atoms with van der Waals surface area (Å²) in [6.07, 6.45) is 0. The molecule has 0 bridgehead atoms. The lowest BCUT2D eigenvalue weighted by Crippen LogP contribution is -2.13. The van der Waals surface area contributed by atoms with Crippen LogP contribution >= 0.6 is 0 Å². The Morgan fingerprint density at radius 3 is 2.86 bits per heavy atom. The molecule has 0 saturated heterocycles. The number of phenolic OH excluding ortho intramolecular Hbond substituents is 1. The summed E-state index contributed by atoms with van der Waals surface area (Å²) in [5, 5.41) is 22.4. The molecule has 1 aromatic carbocycles. The number of anilines is 1. The third-order valence-corrected chi connectivity index (χ3v) is 1.64. The molecule has 0 fully saturated rings. The van der Waals surface area contributed by atoms with Gasteiger partial charge in [-0.3, -0.25) is 10.1 Å². The monoisotopic (exact) mass is 197 g/mol. The van der Waals surface area contributed by atoms with E-state index in [0.717, 1.165) is 6.07 Å². The van der Waals surface area contributed by atoms with Gasteiger partial charge in [0.25, 0.3) is 5.69 Å². The highest BCUT2D eigenvalue weighted by atomic mass is 16.6. The van der Waals surface area contributed by atoms with Gasteiger partial charge in [-0.1, -0.05) is 0 Å². The van der Waals surface area contributed by atoms with Crippen molar-refractivity contribution in [2.75, 3.05) is 18.4 Å². The fourth-order valence-corrected chi connectivity index (χ4v) is 1.03. The number of nitrogens with two attached hydrogens (primary N) is 1. The van der Waals surface area contributed by atoms with Crippen molar-refractivity contribution in [2.45, 2.75) is 0 Å². The van der Waals surface area contributed by atoms with Gasteiger partial charge in [0.05, 0.1) is 11.0 Å². The molecule has 14 heavy (non-hydrogen) atoms. The van der Waals surface area contributed by atoms with Gasteiger partial charge in [0, 0.05) is 13.1 Å². The van der Waals surface area contributed by atoms with Gasteiger partial charge in [-0.25, -0.2) is 0 Å². The SMILES string of the molecule is NCCNc1ccc(O)cc1[N+](=O)[O-]. The van der Waals surface area contributed by atoms with Crippen molar-refractivity contribution in [1.29, 1.82) is 0 Å². The van der Waals surface area contributed by atoms with Crippen LogP contribution in [0.3, 0.4) is 0 Å². The summed E-state index contributed by atoms with van der Waals surface area (Å²) in [6, 6.07) is 3.92. The second-order valence-corrected chi connectivity index (χ2v) is 2.67. The van der Waals surface area contributed by atoms with Gasteiger partial charge < -0.3 is 16.2 Å². The first-order valence-corrected chi connectivity index (χ1v) is 4.06. The average Bonchev–Trinajstić information content (AvgIpc) is 2.15. The van der Waals surface area contributed by atoms with E-state index in [1.54, 1.807) is 0 Å². The highest BCUT2D eigenvalue weighted by Crippen LogP contribution is 2.27. The molecule has 76 valence electrons. The van der Waals surface area contributed by atoms with Crippen molar-refractivity contribution in [1.82, 2.24) is 0 Å². The van der Waals surface area contributed by atoms with Crippen molar-refractivity contribution in [3.8, 4) is 5.75 Å². The lowest BCUT2D eigenvalue weighted by Gasteiger charge is -2.05. The number of nitrogens with one attached hydrogen (secondary N) is 1. The second kappa shape index (κ2) is 4.43. The number of nitrogens with zero attached hydrogens (tertiary/aromatic N) is 1. The van der Waals surface area contributed by atoms with Crippen molar-refractivity contribution in [3.63, 3.8) is 0 Å². The number of nitro benzene ring substituents is 1. The zero-order valence-corrected chi connectivity index (χ0v) is 7.43. The van der Waals surface area contributed by atoms with E-state index in [2.05, 4.69) is 5.32 Å². The Bertz CT molecular complexity index is 341. The maximum atomic E-state index is 10.6. The number of benzene rings is 1. The van der Waals surface area contributed by atoms with E-state index in [-0.39, 0.29) is 11.4 Å². The van der Waals surface area contributed by atoms with Crippen molar-refractivity contribution in [2.24, 2.45) is 5.73 Å². The van der Waals surface area contributed by atoms with Gasteiger partial charge in [-0.15, -0.1) is 0 Å². The average molecular weight is 197 g/mol. The Labute approximate surface area is 80.5 Å². The minimum atomic E-state index is -0.557. The van der Waals surface area contributed by atoms with Crippen LogP contribution in [-0.2, 0) is 0 Å². The summed E-state index contributed by atoms with van der Waals surface area (Å²) in [5.41, 5.74) is 5.46. The fourth-order valence-electron chi connectivity index (χ4n) is 1.03. The zero-order chi connectivity index (χ0) is 10.6. The Morgan fingerprint density at radius 1 is 1.57 bits per heavy atom. The van der Waals surface area contributed by atoms with Gasteiger partial charge in [-0.2, -0.15) is 0 Å². The molecule has 0 amide bonds. The molecule has 1 rings (SSSR count). The first-order chi connectivity index (χ1) is 6.65. The highest BCUT2D eigenvalue weighted by molar-refractivity contribution is 5.63. The van der Waals surface area contributed by atoms with Crippen LogP contribution < -0.4 is 11.1 Å². The molecule has 6 heteroatoms. The predicted molar refractivity (Wildman–Crippen MR) is 52.3 cm³/mol. The molecule has 6 nitrogen and oxygen atoms in total. The van der Waals surface area contributed by atoms with Gasteiger partial charge in [-0.05, 0) is 12.1 Å². The van der Waals surface area contributed by atoms with E-state index < -0.39 is 4.92 Å². The summed E-state index contributed by atoms with van der Waals surface area (Å²) in [6.45, 7) is 0.837. The van der Waals surface area contributed by atoms with Crippen LogP contribution in [0.2, 0.25) is 0 Å². The minimum absolute atomic E-state index is 0.130. The quantitative estimate of drug-likeness (QED) is 0.374. The number of hydrogen-bond acceptors (Lipinski definition) is 5. The van der Waals surface area contributed by atoms with Gasteiger partial charge in [0.2, 0.25) is 0 Å². The molecule has 0 saturated carbocycles. The molecular weight excluding hydrogens is 186 g/mol. The molecule has 4 N–H and O–H groups in total. The maximum Gasteiger partial charge on any atom is 0.296 e. The third kappa shape index (κ3) is 2.33. The summed E-state index contributed by atoms with van der Waals surface area (Å²) < 4.78 is 0. The molecule has 0 aromatic heterocycles. The molecule has 1 aromatic rings. The van der Waals surface area contributed by atoms with E-state index >= 15 is 0 Å². The van der Waals surface area contributed by atoms with E-state index in [1.807, 2.05) is 0 Å². The molecule has 0 atom stereocenters. The first-order valence-electron chi connectivity index (χ1n) is 4.06. The molecule has 0 unspecified atom stereocenters. The predicted octanol–water partition coefficient (Wildman–Crippen LogP) is 0.671. The Hall–Kier alpha value is -1.82. The molecule has 0 aliphatic carbocycles. The summed E-state index contributed by atoms with van der Waals surface area (Å²) in [4.78, 5) is 10.0. The number of aromatic hydroxyl groups is 1. The Morgan fingerprint density at radius 2 is 2.29 bits per heavy atom. The second-order valence-electron chi connectivity index (χ2n) is 2.67. The molecule has 0 spiro atoms. The van der Waals surface area contributed by atoms with Crippen LogP contribution in [0.15, 0.2) is 18.2 Å². The van der Waals surface area contributed by atoms with Crippen LogP contribution in [0.1, 0.15) is 0 Å². The summed E-state index contributed by atoms with van der Waals surface area (Å²) in [7, 11) is 0. The number of rotatable bonds is 4. The molecule has 0 heterocycles. The maximum absolute atomic E-state index is 10.6. The van der Waals surface area contributed by atoms with Crippen LogP contribution in [0, 0.1) is 10.1 Å². The van der Waals surface area contributed by atoms with E-state index in [9.17, 15) is 10.1 Å². The third-order valence-electron chi connectivity index (χ3n) is 1.64. The standard InChI is InChI=1S/C8H11N3O3/c9-3-4-10-7-2-1-6(12)5-8(7)11(13)14/h1-2,5,10,12H,3-4,9H2. The number of phenols is 1. The van der Waals surface area contributed by atoms with E-state index in [0.29, 0.717) is 18.8 Å². The van der Waals surface area contributed by atoms with Crippen LogP contribution in [0.25, 0.3) is 0 Å². The van der Waals surface area contributed by atoms with Crippen molar-refractivity contribution >= 4 is 11.4 Å². The van der Waals surface area contributed by atoms with Crippen LogP contribution in [0.5, 0.6) is 5.75 Å². The lowest BCUT2D eigenvalue weighted by atomic mass is 10.2. The van der Waals surface area contributed by atoms with Gasteiger partial charge in [0.1, 0.15) is 11.4 Å². The number of hydrogen-bond donors (Lipinski definition) is 3. The molecule has 0 aliphatic heterocycles. The smallest absolute Gasteiger partial charge is 0.296 e. The lowest BCUT2D eigenvalue weighted by molar-refractivity contribution is -0.384. The van der Waals surface area contributed by atoms with Crippen LogP contribution in [0.4, 0.5) is 11.4 Å². The highest BCUT2D eigenvalue weighted by Gasteiger charge is 2.13. The molecule has 0 radical (unpaired) electrons. The topological polar surface area (TPSA) is 101 Å². The van der Waals surface area contributed by atoms with Crippen molar-refractivity contribution < 1.29 is 10.0 Å². The number of nitro groups is 1. The zero-order valence-electron chi connectivity index (χ0n) is 7.43. The molecular formula is C8H11N3O3. The summed E-state index contributed by atoms with van der Waals surface area (Å²) >= 11 is 0. The Balaban J connectivity index is 2.96. The molecule has 0 aliphatic rings. The van der Waals surface area contributed by atoms with E-state index in [4.69, 9.17) is 10.8 Å². The van der Waals surface area contributed by atoms with Gasteiger partial charge in [0.15, 0.2) is 0 Å². The van der Waals surface area contributed by atoms with Crippen LogP contribution in [-0.4, -0.2) is 23.1 Å².